The Morgan fingerprint density at radius 1 is 1.19 bits per heavy atom. The van der Waals surface area contributed by atoms with Gasteiger partial charge in [-0.1, -0.05) is 17.3 Å². The number of anilines is 1. The lowest BCUT2D eigenvalue weighted by molar-refractivity contribution is -0.117. The zero-order chi connectivity index (χ0) is 21.8. The number of thiazole rings is 1. The monoisotopic (exact) mass is 434 g/mol. The van der Waals surface area contributed by atoms with E-state index in [1.54, 1.807) is 38.3 Å². The van der Waals surface area contributed by atoms with Gasteiger partial charge in [-0.25, -0.2) is 4.98 Å². The van der Waals surface area contributed by atoms with E-state index in [4.69, 9.17) is 4.74 Å². The molecule has 0 fully saturated rings. The summed E-state index contributed by atoms with van der Waals surface area (Å²) in [7, 11) is 1.61. The van der Waals surface area contributed by atoms with Gasteiger partial charge >= 0.3 is 0 Å². The largest absolute Gasteiger partial charge is 0.497 e. The van der Waals surface area contributed by atoms with Crippen molar-refractivity contribution in [2.75, 3.05) is 12.1 Å². The summed E-state index contributed by atoms with van der Waals surface area (Å²) in [6.45, 7) is 1.78. The molecule has 2 heterocycles. The van der Waals surface area contributed by atoms with E-state index < -0.39 is 6.04 Å². The highest BCUT2D eigenvalue weighted by molar-refractivity contribution is 7.14. The Bertz CT molecular complexity index is 1170. The van der Waals surface area contributed by atoms with E-state index in [1.165, 1.54) is 16.3 Å². The molecule has 9 nitrogen and oxygen atoms in total. The SMILES string of the molecule is COc1ccc(-c2csc(N3N=C(C)C(/N=N/c4cccc(CN=O)c4)C3=O)n2)cc1. The zero-order valence-electron chi connectivity index (χ0n) is 16.8. The number of nitroso groups, excluding NO2 is 1. The van der Waals surface area contributed by atoms with Gasteiger partial charge in [-0.15, -0.1) is 11.3 Å². The van der Waals surface area contributed by atoms with E-state index in [-0.39, 0.29) is 12.5 Å². The van der Waals surface area contributed by atoms with Gasteiger partial charge in [0, 0.05) is 10.9 Å². The molecule has 1 amide bonds. The van der Waals surface area contributed by atoms with E-state index in [0.29, 0.717) is 16.5 Å². The van der Waals surface area contributed by atoms with E-state index in [0.717, 1.165) is 22.6 Å². The number of ether oxygens (including phenoxy) is 1. The molecular formula is C21H18N6O3S. The van der Waals surface area contributed by atoms with Gasteiger partial charge in [0.2, 0.25) is 5.13 Å². The number of carbonyl (C=O) groups is 1. The lowest BCUT2D eigenvalue weighted by Crippen LogP contribution is -2.29. The summed E-state index contributed by atoms with van der Waals surface area (Å²) in [5.41, 5.74) is 3.45. The molecular weight excluding hydrogens is 416 g/mol. The maximum absolute atomic E-state index is 12.9. The maximum atomic E-state index is 12.9. The van der Waals surface area contributed by atoms with Crippen molar-refractivity contribution in [3.63, 3.8) is 0 Å². The highest BCUT2D eigenvalue weighted by Crippen LogP contribution is 2.31. The van der Waals surface area contributed by atoms with E-state index >= 15 is 0 Å². The Morgan fingerprint density at radius 3 is 2.74 bits per heavy atom. The molecule has 4 rings (SSSR count). The normalized spacial score (nSPS) is 16.1. The summed E-state index contributed by atoms with van der Waals surface area (Å²) in [5.74, 6) is 0.443. The second-order valence-electron chi connectivity index (χ2n) is 6.71. The minimum atomic E-state index is -0.818. The molecule has 1 aliphatic heterocycles. The van der Waals surface area contributed by atoms with Crippen molar-refractivity contribution >= 4 is 33.8 Å². The number of methoxy groups -OCH3 is 1. The molecule has 10 heteroatoms. The number of hydrogen-bond donors (Lipinski definition) is 0. The highest BCUT2D eigenvalue weighted by atomic mass is 32.1. The van der Waals surface area contributed by atoms with Crippen LogP contribution in [-0.2, 0) is 11.3 Å². The van der Waals surface area contributed by atoms with Crippen LogP contribution in [0.1, 0.15) is 12.5 Å². The number of carbonyl (C=O) groups excluding carboxylic acids is 1. The Labute approximate surface area is 182 Å². The fourth-order valence-electron chi connectivity index (χ4n) is 3.00. The van der Waals surface area contributed by atoms with Gasteiger partial charge in [0.15, 0.2) is 6.04 Å². The first kappa shape index (κ1) is 20.5. The van der Waals surface area contributed by atoms with Crippen LogP contribution in [0.25, 0.3) is 11.3 Å². The van der Waals surface area contributed by atoms with Crippen molar-refractivity contribution in [2.45, 2.75) is 19.5 Å². The average Bonchev–Trinajstić information content (AvgIpc) is 3.38. The van der Waals surface area contributed by atoms with Crippen LogP contribution >= 0.6 is 11.3 Å². The molecule has 31 heavy (non-hydrogen) atoms. The third kappa shape index (κ3) is 4.38. The Kier molecular flexibility index (Phi) is 5.89. The minimum absolute atomic E-state index is 0.0561. The summed E-state index contributed by atoms with van der Waals surface area (Å²) >= 11 is 1.32. The zero-order valence-corrected chi connectivity index (χ0v) is 17.6. The molecule has 1 atom stereocenters. The first-order valence-corrected chi connectivity index (χ1v) is 10.2. The molecule has 0 saturated heterocycles. The molecule has 0 saturated carbocycles. The smallest absolute Gasteiger partial charge is 0.282 e. The fourth-order valence-corrected chi connectivity index (χ4v) is 3.79. The number of amides is 1. The molecule has 0 bridgehead atoms. The molecule has 1 unspecified atom stereocenters. The van der Waals surface area contributed by atoms with E-state index in [1.807, 2.05) is 29.6 Å². The third-order valence-electron chi connectivity index (χ3n) is 4.60. The Balaban J connectivity index is 1.50. The molecule has 0 N–H and O–H groups in total. The molecule has 3 aromatic rings. The minimum Gasteiger partial charge on any atom is -0.497 e. The van der Waals surface area contributed by atoms with Crippen LogP contribution in [0.2, 0.25) is 0 Å². The average molecular weight is 434 g/mol. The first-order valence-electron chi connectivity index (χ1n) is 9.37. The van der Waals surface area contributed by atoms with Gasteiger partial charge in [0.25, 0.3) is 5.91 Å². The number of benzene rings is 2. The lowest BCUT2D eigenvalue weighted by Gasteiger charge is -2.08. The summed E-state index contributed by atoms with van der Waals surface area (Å²) in [4.78, 5) is 27.9. The maximum Gasteiger partial charge on any atom is 0.282 e. The predicted octanol–water partition coefficient (Wildman–Crippen LogP) is 4.96. The van der Waals surface area contributed by atoms with Crippen LogP contribution in [0, 0.1) is 4.91 Å². The van der Waals surface area contributed by atoms with Gasteiger partial charge in [-0.2, -0.15) is 25.2 Å². The van der Waals surface area contributed by atoms with Crippen LogP contribution in [0.3, 0.4) is 0 Å². The second-order valence-corrected chi connectivity index (χ2v) is 7.55. The van der Waals surface area contributed by atoms with E-state index in [9.17, 15) is 9.70 Å². The second kappa shape index (κ2) is 8.92. The third-order valence-corrected chi connectivity index (χ3v) is 5.42. The summed E-state index contributed by atoms with van der Waals surface area (Å²) in [6, 6.07) is 13.7. The van der Waals surface area contributed by atoms with Crippen LogP contribution < -0.4 is 9.75 Å². The number of nitrogens with zero attached hydrogens (tertiary/aromatic N) is 6. The predicted molar refractivity (Wildman–Crippen MR) is 119 cm³/mol. The standard InChI is InChI=1S/C21H18N6O3S/c1-13-19(25-24-16-5-3-4-14(10-16)11-22-29)20(28)27(26-13)21-23-18(12-31-21)15-6-8-17(30-2)9-7-15/h3-10,12,19H,11H2,1-2H3/b25-24+. The van der Waals surface area contributed by atoms with E-state index in [2.05, 4.69) is 25.5 Å². The summed E-state index contributed by atoms with van der Waals surface area (Å²) in [5, 5.41) is 19.1. The van der Waals surface area contributed by atoms with Crippen LogP contribution in [0.5, 0.6) is 5.75 Å². The van der Waals surface area contributed by atoms with Crippen molar-refractivity contribution in [1.29, 1.82) is 0 Å². The van der Waals surface area contributed by atoms with Crippen LogP contribution in [0.15, 0.2) is 74.4 Å². The number of hydrogen-bond acceptors (Lipinski definition) is 9. The molecule has 0 radical (unpaired) electrons. The molecule has 0 aliphatic carbocycles. The highest BCUT2D eigenvalue weighted by Gasteiger charge is 2.36. The Morgan fingerprint density at radius 2 is 2.00 bits per heavy atom. The van der Waals surface area contributed by atoms with Gasteiger partial charge < -0.3 is 4.74 Å². The summed E-state index contributed by atoms with van der Waals surface area (Å²) < 4.78 is 5.18. The molecule has 1 aromatic heterocycles. The van der Waals surface area contributed by atoms with Crippen LogP contribution in [0.4, 0.5) is 10.8 Å². The van der Waals surface area contributed by atoms with Gasteiger partial charge in [-0.05, 0) is 48.9 Å². The van der Waals surface area contributed by atoms with Gasteiger partial charge in [0.1, 0.15) is 12.3 Å². The van der Waals surface area contributed by atoms with Gasteiger partial charge in [-0.3, -0.25) is 4.79 Å². The van der Waals surface area contributed by atoms with Crippen molar-refractivity contribution in [3.8, 4) is 17.0 Å². The number of rotatable bonds is 7. The first-order chi connectivity index (χ1) is 15.1. The topological polar surface area (TPSA) is 109 Å². The lowest BCUT2D eigenvalue weighted by atomic mass is 10.2. The van der Waals surface area contributed by atoms with Crippen molar-refractivity contribution in [1.82, 2.24) is 4.98 Å². The summed E-state index contributed by atoms with van der Waals surface area (Å²) in [6.07, 6.45) is 0. The van der Waals surface area contributed by atoms with Crippen molar-refractivity contribution in [3.05, 3.63) is 64.4 Å². The van der Waals surface area contributed by atoms with Gasteiger partial charge in [0.05, 0.1) is 24.2 Å². The fraction of sp³-hybridized carbons (Fsp3) is 0.190. The van der Waals surface area contributed by atoms with Crippen molar-refractivity contribution in [2.24, 2.45) is 20.5 Å². The molecule has 156 valence electrons. The molecule has 0 spiro atoms. The number of hydrazone groups is 1. The number of aromatic nitrogens is 1. The quantitative estimate of drug-likeness (QED) is 0.387. The Hall–Kier alpha value is -3.79. The number of azo groups is 1. The van der Waals surface area contributed by atoms with Crippen LogP contribution in [-0.4, -0.2) is 29.8 Å². The van der Waals surface area contributed by atoms with Crippen molar-refractivity contribution < 1.29 is 9.53 Å². The molecule has 2 aromatic carbocycles. The molecule has 1 aliphatic rings.